The number of aromatic nitrogens is 1. The number of carbonyl (C=O) groups is 1. The van der Waals surface area contributed by atoms with Crippen LogP contribution in [0.3, 0.4) is 0 Å². The molecule has 0 radical (unpaired) electrons. The number of nitrogens with zero attached hydrogens (tertiary/aromatic N) is 1. The first-order valence-corrected chi connectivity index (χ1v) is 9.34. The molecule has 1 amide bonds. The van der Waals surface area contributed by atoms with Crippen LogP contribution < -0.4 is 5.32 Å². The zero-order valence-corrected chi connectivity index (χ0v) is 15.3. The number of aliphatic hydroxyl groups is 2. The molecule has 0 saturated carbocycles. The molecule has 6 heteroatoms. The van der Waals surface area contributed by atoms with E-state index in [1.807, 2.05) is 42.5 Å². The number of hydrogen-bond acceptors (Lipinski definition) is 5. The number of fused-ring (bicyclic) bond motifs is 1. The van der Waals surface area contributed by atoms with Gasteiger partial charge < -0.3 is 20.3 Å². The summed E-state index contributed by atoms with van der Waals surface area (Å²) in [6, 6.07) is 16.7. The zero-order valence-electron chi connectivity index (χ0n) is 15.3. The highest BCUT2D eigenvalue weighted by Gasteiger charge is 2.30. The lowest BCUT2D eigenvalue weighted by molar-refractivity contribution is -0.135. The molecule has 1 aliphatic rings. The molecule has 3 N–H and O–H groups in total. The summed E-state index contributed by atoms with van der Waals surface area (Å²) in [5.74, 6) is -0.209. The number of carbonyl (C=O) groups excluding carboxylic acids is 1. The Bertz CT molecular complexity index is 991. The van der Waals surface area contributed by atoms with Crippen molar-refractivity contribution in [3.05, 3.63) is 71.9 Å². The topological polar surface area (TPSA) is 91.7 Å². The molecule has 1 aromatic heterocycles. The van der Waals surface area contributed by atoms with Gasteiger partial charge in [-0.25, -0.2) is 0 Å². The fourth-order valence-corrected chi connectivity index (χ4v) is 3.52. The molecule has 144 valence electrons. The number of amides is 1. The summed E-state index contributed by atoms with van der Waals surface area (Å²) in [5, 5.41) is 23.1. The Labute approximate surface area is 162 Å². The van der Waals surface area contributed by atoms with Gasteiger partial charge in [-0.05, 0) is 54.8 Å². The van der Waals surface area contributed by atoms with E-state index >= 15 is 0 Å². The number of anilines is 1. The smallest absolute Gasteiger partial charge is 0.255 e. The lowest BCUT2D eigenvalue weighted by Gasteiger charge is -2.33. The van der Waals surface area contributed by atoms with Crippen LogP contribution >= 0.6 is 0 Å². The molecule has 3 atom stereocenters. The average molecular weight is 378 g/mol. The van der Waals surface area contributed by atoms with E-state index < -0.39 is 12.2 Å². The standard InChI is InChI=1S/C22H22N2O4/c25-13-21-19(26)8-9-20(28-21)15-3-1-4-16(11-15)22(27)24-17-6-7-18-14(12-17)5-2-10-23-18/h1-7,10-12,19-21,25-26H,8-9,13H2,(H,24,27)/t19?,20?,21-/m1/s1. The molecule has 6 nitrogen and oxygen atoms in total. The fraction of sp³-hybridized carbons (Fsp3) is 0.273. The van der Waals surface area contributed by atoms with E-state index in [0.717, 1.165) is 16.5 Å². The molecule has 2 heterocycles. The van der Waals surface area contributed by atoms with Gasteiger partial charge in [-0.1, -0.05) is 18.2 Å². The van der Waals surface area contributed by atoms with Crippen LogP contribution in [-0.2, 0) is 4.74 Å². The first-order valence-electron chi connectivity index (χ1n) is 9.34. The number of aliphatic hydroxyl groups excluding tert-OH is 2. The molecular formula is C22H22N2O4. The highest BCUT2D eigenvalue weighted by Crippen LogP contribution is 2.32. The Kier molecular flexibility index (Phi) is 5.34. The summed E-state index contributed by atoms with van der Waals surface area (Å²) >= 11 is 0. The van der Waals surface area contributed by atoms with Crippen LogP contribution in [0.5, 0.6) is 0 Å². The normalized spacial score (nSPS) is 22.1. The second-order valence-electron chi connectivity index (χ2n) is 6.98. The fourth-order valence-electron chi connectivity index (χ4n) is 3.52. The van der Waals surface area contributed by atoms with Gasteiger partial charge in [0.25, 0.3) is 5.91 Å². The van der Waals surface area contributed by atoms with Crippen molar-refractivity contribution in [2.45, 2.75) is 31.2 Å². The Morgan fingerprint density at radius 3 is 2.89 bits per heavy atom. The molecule has 0 spiro atoms. The SMILES string of the molecule is O=C(Nc1ccc2ncccc2c1)c1cccc(C2CCC(O)[C@@H](CO)O2)c1. The molecule has 28 heavy (non-hydrogen) atoms. The van der Waals surface area contributed by atoms with Crippen molar-refractivity contribution in [2.75, 3.05) is 11.9 Å². The molecule has 1 saturated heterocycles. The van der Waals surface area contributed by atoms with E-state index in [4.69, 9.17) is 4.74 Å². The highest BCUT2D eigenvalue weighted by atomic mass is 16.5. The number of benzene rings is 2. The van der Waals surface area contributed by atoms with Gasteiger partial charge in [0.05, 0.1) is 24.3 Å². The molecule has 0 aliphatic carbocycles. The van der Waals surface area contributed by atoms with Gasteiger partial charge in [0.15, 0.2) is 0 Å². The quantitative estimate of drug-likeness (QED) is 0.649. The van der Waals surface area contributed by atoms with Gasteiger partial charge in [0.1, 0.15) is 6.10 Å². The minimum atomic E-state index is -0.657. The van der Waals surface area contributed by atoms with Crippen LogP contribution in [0.25, 0.3) is 10.9 Å². The Balaban J connectivity index is 1.51. The van der Waals surface area contributed by atoms with Crippen LogP contribution in [0.2, 0.25) is 0 Å². The molecule has 1 aliphatic heterocycles. The predicted molar refractivity (Wildman–Crippen MR) is 106 cm³/mol. The second-order valence-corrected chi connectivity index (χ2v) is 6.98. The number of ether oxygens (including phenoxy) is 1. The van der Waals surface area contributed by atoms with Crippen molar-refractivity contribution >= 4 is 22.5 Å². The minimum absolute atomic E-state index is 0.209. The maximum atomic E-state index is 12.7. The minimum Gasteiger partial charge on any atom is -0.394 e. The van der Waals surface area contributed by atoms with Crippen molar-refractivity contribution in [2.24, 2.45) is 0 Å². The Morgan fingerprint density at radius 1 is 1.14 bits per heavy atom. The van der Waals surface area contributed by atoms with Crippen LogP contribution in [0.15, 0.2) is 60.8 Å². The van der Waals surface area contributed by atoms with E-state index in [1.54, 1.807) is 18.3 Å². The maximum Gasteiger partial charge on any atom is 0.255 e. The second kappa shape index (κ2) is 8.06. The summed E-state index contributed by atoms with van der Waals surface area (Å²) in [6.45, 7) is -0.228. The van der Waals surface area contributed by atoms with Gasteiger partial charge in [0, 0.05) is 22.8 Å². The predicted octanol–water partition coefficient (Wildman–Crippen LogP) is 3.06. The Hall–Kier alpha value is -2.80. The largest absolute Gasteiger partial charge is 0.394 e. The maximum absolute atomic E-state index is 12.7. The molecule has 1 fully saturated rings. The molecule has 4 rings (SSSR count). The summed E-state index contributed by atoms with van der Waals surface area (Å²) in [6.07, 6.45) is 1.43. The van der Waals surface area contributed by atoms with Gasteiger partial charge in [-0.15, -0.1) is 0 Å². The first-order chi connectivity index (χ1) is 13.6. The Morgan fingerprint density at radius 2 is 2.04 bits per heavy atom. The number of nitrogens with one attached hydrogen (secondary N) is 1. The summed E-state index contributed by atoms with van der Waals surface area (Å²) < 4.78 is 5.80. The molecule has 2 aromatic carbocycles. The average Bonchev–Trinajstić information content (AvgIpc) is 2.74. The third-order valence-corrected chi connectivity index (χ3v) is 5.05. The number of rotatable bonds is 4. The van der Waals surface area contributed by atoms with E-state index in [2.05, 4.69) is 10.3 Å². The van der Waals surface area contributed by atoms with E-state index in [-0.39, 0.29) is 18.6 Å². The molecule has 0 bridgehead atoms. The number of pyridine rings is 1. The monoisotopic (exact) mass is 378 g/mol. The van der Waals surface area contributed by atoms with Crippen molar-refractivity contribution in [3.63, 3.8) is 0 Å². The number of hydrogen-bond donors (Lipinski definition) is 3. The van der Waals surface area contributed by atoms with Crippen molar-refractivity contribution in [1.29, 1.82) is 0 Å². The van der Waals surface area contributed by atoms with Crippen molar-refractivity contribution < 1.29 is 19.7 Å². The van der Waals surface area contributed by atoms with Gasteiger partial charge in [0.2, 0.25) is 0 Å². The van der Waals surface area contributed by atoms with E-state index in [0.29, 0.717) is 24.1 Å². The summed E-state index contributed by atoms with van der Waals surface area (Å²) in [5.41, 5.74) is 2.96. The van der Waals surface area contributed by atoms with Gasteiger partial charge in [-0.3, -0.25) is 9.78 Å². The highest BCUT2D eigenvalue weighted by molar-refractivity contribution is 6.05. The van der Waals surface area contributed by atoms with Crippen LogP contribution in [0, 0.1) is 0 Å². The van der Waals surface area contributed by atoms with Crippen LogP contribution in [0.1, 0.15) is 34.9 Å². The molecular weight excluding hydrogens is 356 g/mol. The molecule has 3 aromatic rings. The van der Waals surface area contributed by atoms with Crippen LogP contribution in [-0.4, -0.2) is 39.9 Å². The van der Waals surface area contributed by atoms with E-state index in [9.17, 15) is 15.0 Å². The van der Waals surface area contributed by atoms with Crippen molar-refractivity contribution in [1.82, 2.24) is 4.98 Å². The van der Waals surface area contributed by atoms with Gasteiger partial charge >= 0.3 is 0 Å². The third-order valence-electron chi connectivity index (χ3n) is 5.05. The van der Waals surface area contributed by atoms with Crippen LogP contribution in [0.4, 0.5) is 5.69 Å². The zero-order chi connectivity index (χ0) is 19.5. The summed E-state index contributed by atoms with van der Waals surface area (Å²) in [4.78, 5) is 17.0. The van der Waals surface area contributed by atoms with Gasteiger partial charge in [-0.2, -0.15) is 0 Å². The van der Waals surface area contributed by atoms with E-state index in [1.165, 1.54) is 0 Å². The lowest BCUT2D eigenvalue weighted by Crippen LogP contribution is -2.38. The first kappa shape index (κ1) is 18.6. The summed E-state index contributed by atoms with van der Waals surface area (Å²) in [7, 11) is 0. The third kappa shape index (κ3) is 3.89. The van der Waals surface area contributed by atoms with Crippen molar-refractivity contribution in [3.8, 4) is 0 Å². The lowest BCUT2D eigenvalue weighted by atomic mass is 9.95. The molecule has 2 unspecified atom stereocenters.